The van der Waals surface area contributed by atoms with Crippen LogP contribution in [0, 0.1) is 5.82 Å². The van der Waals surface area contributed by atoms with Crippen LogP contribution in [0.2, 0.25) is 5.02 Å². The summed E-state index contributed by atoms with van der Waals surface area (Å²) in [5.41, 5.74) is 0.722. The first-order valence-corrected chi connectivity index (χ1v) is 9.30. The van der Waals surface area contributed by atoms with E-state index in [0.717, 1.165) is 12.8 Å². The number of carbonyl (C=O) groups excluding carboxylic acids is 1. The molecule has 1 aliphatic rings. The molecule has 3 aromatic rings. The van der Waals surface area contributed by atoms with Gasteiger partial charge in [-0.1, -0.05) is 22.8 Å². The van der Waals surface area contributed by atoms with E-state index in [1.54, 1.807) is 29.6 Å². The summed E-state index contributed by atoms with van der Waals surface area (Å²) in [6.07, 6.45) is 6.23. The standard InChI is InChI=1S/C19H17ClFN5O2/c20-14-4-1-5-15(21)13(14)9-17(27)26-8-2-3-12(11-26)18-24-19(28-25-18)16-10-22-6-7-23-16/h1,4-7,10,12H,2-3,8-9,11H2. The van der Waals surface area contributed by atoms with Crippen molar-refractivity contribution in [1.29, 1.82) is 0 Å². The van der Waals surface area contributed by atoms with Gasteiger partial charge in [-0.15, -0.1) is 0 Å². The molecule has 1 atom stereocenters. The number of hydrogen-bond acceptors (Lipinski definition) is 6. The Morgan fingerprint density at radius 1 is 1.36 bits per heavy atom. The van der Waals surface area contributed by atoms with Gasteiger partial charge in [-0.25, -0.2) is 9.37 Å². The molecule has 4 rings (SSSR count). The molecule has 28 heavy (non-hydrogen) atoms. The van der Waals surface area contributed by atoms with Gasteiger partial charge in [-0.2, -0.15) is 4.98 Å². The van der Waals surface area contributed by atoms with Gasteiger partial charge in [0, 0.05) is 42.0 Å². The minimum absolute atomic E-state index is 0.0528. The number of piperidine rings is 1. The molecule has 9 heteroatoms. The van der Waals surface area contributed by atoms with Crippen molar-refractivity contribution < 1.29 is 13.7 Å². The summed E-state index contributed by atoms with van der Waals surface area (Å²) in [5.74, 6) is 0.130. The highest BCUT2D eigenvalue weighted by atomic mass is 35.5. The van der Waals surface area contributed by atoms with Gasteiger partial charge >= 0.3 is 0 Å². The van der Waals surface area contributed by atoms with Crippen molar-refractivity contribution in [2.24, 2.45) is 0 Å². The lowest BCUT2D eigenvalue weighted by molar-refractivity contribution is -0.131. The number of rotatable bonds is 4. The Bertz CT molecular complexity index is 961. The fourth-order valence-corrected chi connectivity index (χ4v) is 3.52. The second-order valence-corrected chi connectivity index (χ2v) is 7.01. The summed E-state index contributed by atoms with van der Waals surface area (Å²) in [6, 6.07) is 4.41. The summed E-state index contributed by atoms with van der Waals surface area (Å²) in [4.78, 5) is 26.9. The lowest BCUT2D eigenvalue weighted by Crippen LogP contribution is -2.40. The molecule has 0 radical (unpaired) electrons. The van der Waals surface area contributed by atoms with Crippen LogP contribution in [-0.2, 0) is 11.2 Å². The molecular weight excluding hydrogens is 385 g/mol. The van der Waals surface area contributed by atoms with Crippen LogP contribution >= 0.6 is 11.6 Å². The minimum Gasteiger partial charge on any atom is -0.342 e. The highest BCUT2D eigenvalue weighted by molar-refractivity contribution is 6.31. The molecule has 1 fully saturated rings. The van der Waals surface area contributed by atoms with Crippen LogP contribution in [0.5, 0.6) is 0 Å². The third-order valence-electron chi connectivity index (χ3n) is 4.75. The summed E-state index contributed by atoms with van der Waals surface area (Å²) in [6.45, 7) is 1.06. The lowest BCUT2D eigenvalue weighted by Gasteiger charge is -2.31. The van der Waals surface area contributed by atoms with Crippen molar-refractivity contribution in [3.8, 4) is 11.6 Å². The van der Waals surface area contributed by atoms with Crippen LogP contribution in [0.4, 0.5) is 4.39 Å². The first kappa shape index (κ1) is 18.5. The molecule has 7 nitrogen and oxygen atoms in total. The van der Waals surface area contributed by atoms with Gasteiger partial charge in [0.1, 0.15) is 11.5 Å². The second-order valence-electron chi connectivity index (χ2n) is 6.60. The van der Waals surface area contributed by atoms with E-state index in [-0.39, 0.29) is 28.8 Å². The Labute approximate surface area is 165 Å². The molecule has 1 aromatic carbocycles. The smallest absolute Gasteiger partial charge is 0.278 e. The maximum Gasteiger partial charge on any atom is 0.278 e. The summed E-state index contributed by atoms with van der Waals surface area (Å²) >= 11 is 6.04. The Hall–Kier alpha value is -2.87. The van der Waals surface area contributed by atoms with Gasteiger partial charge in [0.15, 0.2) is 5.82 Å². The largest absolute Gasteiger partial charge is 0.342 e. The zero-order valence-corrected chi connectivity index (χ0v) is 15.6. The maximum absolute atomic E-state index is 14.0. The van der Waals surface area contributed by atoms with Crippen molar-refractivity contribution >= 4 is 17.5 Å². The van der Waals surface area contributed by atoms with Gasteiger partial charge in [0.25, 0.3) is 5.89 Å². The molecule has 0 bridgehead atoms. The fourth-order valence-electron chi connectivity index (χ4n) is 3.29. The van der Waals surface area contributed by atoms with Crippen molar-refractivity contribution in [3.05, 3.63) is 59.0 Å². The predicted octanol–water partition coefficient (Wildman–Crippen LogP) is 3.27. The van der Waals surface area contributed by atoms with E-state index in [1.165, 1.54) is 12.1 Å². The Morgan fingerprint density at radius 2 is 2.25 bits per heavy atom. The molecular formula is C19H17ClFN5O2. The molecule has 1 saturated heterocycles. The highest BCUT2D eigenvalue weighted by Crippen LogP contribution is 2.28. The number of aromatic nitrogens is 4. The predicted molar refractivity (Wildman–Crippen MR) is 99.0 cm³/mol. The monoisotopic (exact) mass is 401 g/mol. The molecule has 0 saturated carbocycles. The molecule has 0 spiro atoms. The van der Waals surface area contributed by atoms with Gasteiger partial charge < -0.3 is 9.42 Å². The lowest BCUT2D eigenvalue weighted by atomic mass is 9.96. The van der Waals surface area contributed by atoms with E-state index in [2.05, 4.69) is 20.1 Å². The quantitative estimate of drug-likeness (QED) is 0.667. The normalized spacial score (nSPS) is 16.9. The second kappa shape index (κ2) is 8.02. The van der Waals surface area contributed by atoms with Crippen LogP contribution in [0.1, 0.15) is 30.1 Å². The average molecular weight is 402 g/mol. The van der Waals surface area contributed by atoms with E-state index in [4.69, 9.17) is 16.1 Å². The Balaban J connectivity index is 1.46. The van der Waals surface area contributed by atoms with E-state index in [0.29, 0.717) is 30.5 Å². The van der Waals surface area contributed by atoms with E-state index < -0.39 is 5.82 Å². The molecule has 3 heterocycles. The molecule has 144 valence electrons. The summed E-state index contributed by atoms with van der Waals surface area (Å²) in [5, 5.41) is 4.31. The number of hydrogen-bond donors (Lipinski definition) is 0. The van der Waals surface area contributed by atoms with Gasteiger partial charge in [-0.3, -0.25) is 9.78 Å². The maximum atomic E-state index is 14.0. The molecule has 0 N–H and O–H groups in total. The molecule has 2 aromatic heterocycles. The minimum atomic E-state index is -0.471. The molecule has 1 amide bonds. The number of nitrogens with zero attached hydrogens (tertiary/aromatic N) is 5. The number of likely N-dealkylation sites (tertiary alicyclic amines) is 1. The SMILES string of the molecule is O=C(Cc1c(F)cccc1Cl)N1CCCC(c2noc(-c3cnccn3)n2)C1. The average Bonchev–Trinajstić information content (AvgIpc) is 3.22. The van der Waals surface area contributed by atoms with E-state index in [9.17, 15) is 9.18 Å². The zero-order valence-electron chi connectivity index (χ0n) is 14.9. The van der Waals surface area contributed by atoms with E-state index >= 15 is 0 Å². The summed E-state index contributed by atoms with van der Waals surface area (Å²) in [7, 11) is 0. The molecule has 1 aliphatic heterocycles. The van der Waals surface area contributed by atoms with E-state index in [1.807, 2.05) is 0 Å². The fraction of sp³-hybridized carbons (Fsp3) is 0.316. The van der Waals surface area contributed by atoms with Gasteiger partial charge in [-0.05, 0) is 25.0 Å². The van der Waals surface area contributed by atoms with Crippen molar-refractivity contribution in [3.63, 3.8) is 0 Å². The topological polar surface area (TPSA) is 85.0 Å². The summed E-state index contributed by atoms with van der Waals surface area (Å²) < 4.78 is 19.3. The van der Waals surface area contributed by atoms with Crippen LogP contribution in [0.25, 0.3) is 11.6 Å². The van der Waals surface area contributed by atoms with Crippen molar-refractivity contribution in [1.82, 2.24) is 25.0 Å². The third-order valence-corrected chi connectivity index (χ3v) is 5.11. The van der Waals surface area contributed by atoms with Crippen molar-refractivity contribution in [2.45, 2.75) is 25.2 Å². The number of halogens is 2. The number of amides is 1. The van der Waals surface area contributed by atoms with Gasteiger partial charge in [0.05, 0.1) is 12.6 Å². The Kier molecular flexibility index (Phi) is 5.29. The molecule has 0 aliphatic carbocycles. The first-order chi connectivity index (χ1) is 13.6. The van der Waals surface area contributed by atoms with Gasteiger partial charge in [0.2, 0.25) is 5.91 Å². The highest BCUT2D eigenvalue weighted by Gasteiger charge is 2.29. The Morgan fingerprint density at radius 3 is 3.04 bits per heavy atom. The molecule has 1 unspecified atom stereocenters. The van der Waals surface area contributed by atoms with Crippen LogP contribution in [0.15, 0.2) is 41.3 Å². The number of carbonyl (C=O) groups is 1. The van der Waals surface area contributed by atoms with Crippen LogP contribution in [0.3, 0.4) is 0 Å². The first-order valence-electron chi connectivity index (χ1n) is 8.92. The zero-order chi connectivity index (χ0) is 19.5. The number of benzene rings is 1. The van der Waals surface area contributed by atoms with Crippen LogP contribution in [-0.4, -0.2) is 44.0 Å². The van der Waals surface area contributed by atoms with Crippen molar-refractivity contribution in [2.75, 3.05) is 13.1 Å². The van der Waals surface area contributed by atoms with Crippen LogP contribution < -0.4 is 0 Å². The third kappa shape index (κ3) is 3.87.